The highest BCUT2D eigenvalue weighted by Crippen LogP contribution is 2.31. The molecule has 1 amide bonds. The normalized spacial score (nSPS) is 20.3. The number of aryl methyl sites for hydroxylation is 1. The first-order chi connectivity index (χ1) is 13.2. The van der Waals surface area contributed by atoms with Gasteiger partial charge in [0.05, 0.1) is 11.2 Å². The van der Waals surface area contributed by atoms with Crippen LogP contribution in [0.4, 0.5) is 0 Å². The first kappa shape index (κ1) is 19.0. The molecule has 150 valence electrons. The van der Waals surface area contributed by atoms with Gasteiger partial charge in [0.25, 0.3) is 0 Å². The van der Waals surface area contributed by atoms with Crippen LogP contribution in [0.25, 0.3) is 16.7 Å². The Morgan fingerprint density at radius 3 is 2.61 bits per heavy atom. The number of rotatable bonds is 4. The van der Waals surface area contributed by atoms with Gasteiger partial charge in [-0.15, -0.1) is 0 Å². The summed E-state index contributed by atoms with van der Waals surface area (Å²) in [5.41, 5.74) is 3.75. The molecule has 1 saturated carbocycles. The van der Waals surface area contributed by atoms with Gasteiger partial charge < -0.3 is 5.32 Å². The van der Waals surface area contributed by atoms with Gasteiger partial charge in [-0.05, 0) is 55.2 Å². The van der Waals surface area contributed by atoms with E-state index in [9.17, 15) is 9.59 Å². The van der Waals surface area contributed by atoms with E-state index in [0.29, 0.717) is 6.54 Å². The number of nitrogens with zero attached hydrogens (tertiary/aromatic N) is 3. The number of carbonyl (C=O) groups is 1. The molecule has 0 bridgehead atoms. The number of nitrogens with one attached hydrogen (secondary N) is 1. The third-order valence-electron chi connectivity index (χ3n) is 5.65. The number of aromatic nitrogens is 3. The van der Waals surface area contributed by atoms with Gasteiger partial charge in [-0.25, -0.2) is 9.78 Å². The lowest BCUT2D eigenvalue weighted by atomic mass is 9.93. The second-order valence-corrected chi connectivity index (χ2v) is 9.51. The molecule has 0 saturated heterocycles. The van der Waals surface area contributed by atoms with Crippen LogP contribution in [0, 0.1) is 11.3 Å². The van der Waals surface area contributed by atoms with Gasteiger partial charge in [0, 0.05) is 25.6 Å². The van der Waals surface area contributed by atoms with E-state index in [4.69, 9.17) is 4.98 Å². The summed E-state index contributed by atoms with van der Waals surface area (Å²) in [7, 11) is 1.79. The highest BCUT2D eigenvalue weighted by Gasteiger charge is 2.31. The second-order valence-electron chi connectivity index (χ2n) is 9.51. The van der Waals surface area contributed by atoms with E-state index < -0.39 is 0 Å². The van der Waals surface area contributed by atoms with Gasteiger partial charge >= 0.3 is 5.69 Å². The van der Waals surface area contributed by atoms with Crippen molar-refractivity contribution >= 4 is 22.6 Å². The van der Waals surface area contributed by atoms with E-state index in [2.05, 4.69) is 32.2 Å². The van der Waals surface area contributed by atoms with E-state index in [1.54, 1.807) is 11.6 Å². The van der Waals surface area contributed by atoms with Crippen LogP contribution < -0.4 is 11.0 Å². The zero-order chi connectivity index (χ0) is 20.1. The molecule has 0 spiro atoms. The van der Waals surface area contributed by atoms with Crippen LogP contribution in [0.1, 0.15) is 58.6 Å². The molecule has 0 radical (unpaired) electrons. The quantitative estimate of drug-likeness (QED) is 0.883. The van der Waals surface area contributed by atoms with Gasteiger partial charge in [0.15, 0.2) is 5.65 Å². The first-order valence-corrected chi connectivity index (χ1v) is 10.3. The zero-order valence-corrected chi connectivity index (χ0v) is 17.3. The fourth-order valence-corrected chi connectivity index (χ4v) is 3.94. The molecule has 28 heavy (non-hydrogen) atoms. The zero-order valence-electron chi connectivity index (χ0n) is 17.3. The molecule has 2 aromatic rings. The maximum Gasteiger partial charge on any atom is 0.330 e. The van der Waals surface area contributed by atoms with Crippen molar-refractivity contribution in [1.29, 1.82) is 0 Å². The molecule has 1 atom stereocenters. The Labute approximate surface area is 165 Å². The molecule has 2 aromatic heterocycles. The van der Waals surface area contributed by atoms with Gasteiger partial charge in [0.1, 0.15) is 0 Å². The Hall–Kier alpha value is -2.37. The van der Waals surface area contributed by atoms with Crippen molar-refractivity contribution in [2.45, 2.75) is 65.5 Å². The fraction of sp³-hybridized carbons (Fsp3) is 0.591. The van der Waals surface area contributed by atoms with E-state index in [0.717, 1.165) is 49.0 Å². The topological polar surface area (TPSA) is 68.9 Å². The molecule has 2 aliphatic rings. The number of carbonyl (C=O) groups excluding carboxylic acids is 1. The van der Waals surface area contributed by atoms with E-state index in [1.165, 1.54) is 5.57 Å². The van der Waals surface area contributed by atoms with Crippen molar-refractivity contribution in [3.8, 4) is 0 Å². The lowest BCUT2D eigenvalue weighted by Crippen LogP contribution is -2.36. The Morgan fingerprint density at radius 1 is 1.25 bits per heavy atom. The maximum absolute atomic E-state index is 12.7. The molecule has 6 nitrogen and oxygen atoms in total. The Bertz CT molecular complexity index is 1000. The highest BCUT2D eigenvalue weighted by atomic mass is 16.2. The number of amides is 1. The largest absolute Gasteiger partial charge is 0.353 e. The Morgan fingerprint density at radius 2 is 2.00 bits per heavy atom. The van der Waals surface area contributed by atoms with E-state index >= 15 is 0 Å². The predicted octanol–water partition coefficient (Wildman–Crippen LogP) is 3.24. The standard InChI is InChI=1S/C22H30N4O2/c1-22(2,3)13-26-18-12-11-17(24-19(18)25(4)21(26)28)14-7-9-16(10-8-14)23-20(27)15-5-6-15/h7,11-12,15-16H,5-6,8-10,13H2,1-4H3,(H,23,27). The maximum atomic E-state index is 12.7. The summed E-state index contributed by atoms with van der Waals surface area (Å²) in [4.78, 5) is 29.5. The van der Waals surface area contributed by atoms with Gasteiger partial charge in [-0.3, -0.25) is 13.9 Å². The van der Waals surface area contributed by atoms with Crippen LogP contribution in [-0.4, -0.2) is 26.1 Å². The summed E-state index contributed by atoms with van der Waals surface area (Å²) in [5.74, 6) is 0.476. The van der Waals surface area contributed by atoms with Gasteiger partial charge in [0.2, 0.25) is 5.91 Å². The van der Waals surface area contributed by atoms with E-state index in [-0.39, 0.29) is 29.0 Å². The van der Waals surface area contributed by atoms with Gasteiger partial charge in [-0.2, -0.15) is 0 Å². The van der Waals surface area contributed by atoms with Crippen molar-refractivity contribution in [1.82, 2.24) is 19.4 Å². The summed E-state index contributed by atoms with van der Waals surface area (Å²) < 4.78 is 3.47. The number of imidazole rings is 1. The first-order valence-electron chi connectivity index (χ1n) is 10.3. The molecule has 0 aromatic carbocycles. The molecular weight excluding hydrogens is 352 g/mol. The minimum absolute atomic E-state index is 0.0165. The minimum Gasteiger partial charge on any atom is -0.353 e. The predicted molar refractivity (Wildman–Crippen MR) is 111 cm³/mol. The minimum atomic E-state index is -0.0185. The molecule has 6 heteroatoms. The number of hydrogen-bond acceptors (Lipinski definition) is 3. The van der Waals surface area contributed by atoms with Crippen LogP contribution in [0.5, 0.6) is 0 Å². The monoisotopic (exact) mass is 382 g/mol. The van der Waals surface area contributed by atoms with Crippen LogP contribution in [0.3, 0.4) is 0 Å². The molecule has 1 fully saturated rings. The third-order valence-corrected chi connectivity index (χ3v) is 5.65. The SMILES string of the molecule is Cn1c(=O)n(CC(C)(C)C)c2ccc(C3=CCC(NC(=O)C4CC4)CC3)nc21. The number of allylic oxidation sites excluding steroid dienone is 1. The molecule has 1 unspecified atom stereocenters. The molecule has 1 N–H and O–H groups in total. The summed E-state index contributed by atoms with van der Waals surface area (Å²) in [6, 6.07) is 4.28. The number of hydrogen-bond donors (Lipinski definition) is 1. The lowest BCUT2D eigenvalue weighted by molar-refractivity contribution is -0.123. The van der Waals surface area contributed by atoms with Gasteiger partial charge in [-0.1, -0.05) is 26.8 Å². The number of pyridine rings is 1. The van der Waals surface area contributed by atoms with Crippen molar-refractivity contribution in [2.75, 3.05) is 0 Å². The molecule has 2 aliphatic carbocycles. The van der Waals surface area contributed by atoms with Crippen molar-refractivity contribution in [2.24, 2.45) is 18.4 Å². The summed E-state index contributed by atoms with van der Waals surface area (Å²) in [6.07, 6.45) is 6.95. The van der Waals surface area contributed by atoms with Crippen LogP contribution in [-0.2, 0) is 18.4 Å². The molecule has 0 aliphatic heterocycles. The Kier molecular flexibility index (Phi) is 4.68. The average molecular weight is 383 g/mol. The molecular formula is C22H30N4O2. The molecule has 4 rings (SSSR count). The summed E-state index contributed by atoms with van der Waals surface area (Å²) >= 11 is 0. The van der Waals surface area contributed by atoms with Crippen molar-refractivity contribution < 1.29 is 4.79 Å². The van der Waals surface area contributed by atoms with Crippen LogP contribution in [0.2, 0.25) is 0 Å². The molecule has 2 heterocycles. The third kappa shape index (κ3) is 3.77. The average Bonchev–Trinajstić information content (AvgIpc) is 3.47. The lowest BCUT2D eigenvalue weighted by Gasteiger charge is -2.23. The summed E-state index contributed by atoms with van der Waals surface area (Å²) in [6.45, 7) is 7.05. The number of fused-ring (bicyclic) bond motifs is 1. The van der Waals surface area contributed by atoms with Crippen molar-refractivity contribution in [3.05, 3.63) is 34.4 Å². The summed E-state index contributed by atoms with van der Waals surface area (Å²) in [5, 5.41) is 3.17. The van der Waals surface area contributed by atoms with Crippen LogP contribution >= 0.6 is 0 Å². The second kappa shape index (κ2) is 6.90. The Balaban J connectivity index is 1.57. The van der Waals surface area contributed by atoms with E-state index in [1.807, 2.05) is 16.7 Å². The van der Waals surface area contributed by atoms with Crippen LogP contribution in [0.15, 0.2) is 23.0 Å². The smallest absolute Gasteiger partial charge is 0.330 e. The fourth-order valence-electron chi connectivity index (χ4n) is 3.94. The highest BCUT2D eigenvalue weighted by molar-refractivity contribution is 5.81. The van der Waals surface area contributed by atoms with Crippen molar-refractivity contribution in [3.63, 3.8) is 0 Å².